The van der Waals surface area contributed by atoms with E-state index in [1.165, 1.54) is 0 Å². The van der Waals surface area contributed by atoms with Gasteiger partial charge in [-0.25, -0.2) is 0 Å². The van der Waals surface area contributed by atoms with E-state index in [0.717, 1.165) is 18.4 Å². The standard InChI is InChI=1S/C15H19NO4/c1-10-4-6-11(7-5-10)16-15(19)12(9-14(17)18)13-3-2-8-20-13/h4-7,12-13H,2-3,8-9H2,1H3,(H,16,19)(H,17,18)/t12-,13-/m1/s1. The molecule has 1 aliphatic heterocycles. The van der Waals surface area contributed by atoms with Crippen LogP contribution in [0.4, 0.5) is 5.69 Å². The molecule has 0 unspecified atom stereocenters. The fraction of sp³-hybridized carbons (Fsp3) is 0.467. The minimum Gasteiger partial charge on any atom is -0.481 e. The van der Waals surface area contributed by atoms with E-state index in [1.54, 1.807) is 12.1 Å². The summed E-state index contributed by atoms with van der Waals surface area (Å²) in [4.78, 5) is 23.2. The van der Waals surface area contributed by atoms with Gasteiger partial charge >= 0.3 is 5.97 Å². The molecule has 1 aromatic carbocycles. The molecule has 0 spiro atoms. The van der Waals surface area contributed by atoms with Crippen molar-refractivity contribution in [3.63, 3.8) is 0 Å². The predicted octanol–water partition coefficient (Wildman–Crippen LogP) is 2.20. The van der Waals surface area contributed by atoms with Crippen LogP contribution in [-0.4, -0.2) is 29.7 Å². The highest BCUT2D eigenvalue weighted by Gasteiger charge is 2.33. The van der Waals surface area contributed by atoms with E-state index in [-0.39, 0.29) is 18.4 Å². The number of hydrogen-bond donors (Lipinski definition) is 2. The fourth-order valence-electron chi connectivity index (χ4n) is 2.37. The van der Waals surface area contributed by atoms with Crippen LogP contribution in [0.2, 0.25) is 0 Å². The molecule has 0 radical (unpaired) electrons. The Morgan fingerprint density at radius 1 is 1.40 bits per heavy atom. The maximum atomic E-state index is 12.3. The number of carbonyl (C=O) groups is 2. The van der Waals surface area contributed by atoms with Crippen LogP contribution >= 0.6 is 0 Å². The Morgan fingerprint density at radius 2 is 2.10 bits per heavy atom. The van der Waals surface area contributed by atoms with Crippen molar-refractivity contribution < 1.29 is 19.4 Å². The van der Waals surface area contributed by atoms with Gasteiger partial charge < -0.3 is 15.2 Å². The Balaban J connectivity index is 2.05. The van der Waals surface area contributed by atoms with Crippen LogP contribution in [0.1, 0.15) is 24.8 Å². The summed E-state index contributed by atoms with van der Waals surface area (Å²) in [5.74, 6) is -1.91. The van der Waals surface area contributed by atoms with Gasteiger partial charge in [0.05, 0.1) is 18.4 Å². The number of carboxylic acid groups (broad SMARTS) is 1. The molecule has 1 aromatic rings. The van der Waals surface area contributed by atoms with Crippen molar-refractivity contribution in [1.29, 1.82) is 0 Å². The van der Waals surface area contributed by atoms with Gasteiger partial charge in [0.1, 0.15) is 0 Å². The summed E-state index contributed by atoms with van der Waals surface area (Å²) in [6.07, 6.45) is 1.11. The quantitative estimate of drug-likeness (QED) is 0.865. The molecule has 0 bridgehead atoms. The summed E-state index contributed by atoms with van der Waals surface area (Å²) < 4.78 is 5.47. The van der Waals surface area contributed by atoms with Gasteiger partial charge in [-0.3, -0.25) is 9.59 Å². The average Bonchev–Trinajstić information content (AvgIpc) is 2.92. The van der Waals surface area contributed by atoms with Crippen molar-refractivity contribution in [2.24, 2.45) is 5.92 Å². The molecule has 0 aliphatic carbocycles. The van der Waals surface area contributed by atoms with Crippen LogP contribution in [0.25, 0.3) is 0 Å². The molecule has 5 nitrogen and oxygen atoms in total. The van der Waals surface area contributed by atoms with Crippen LogP contribution in [0, 0.1) is 12.8 Å². The topological polar surface area (TPSA) is 75.6 Å². The number of aliphatic carboxylic acids is 1. The third-order valence-corrected chi connectivity index (χ3v) is 3.46. The lowest BCUT2D eigenvalue weighted by atomic mass is 9.95. The van der Waals surface area contributed by atoms with E-state index < -0.39 is 11.9 Å². The molecule has 0 aromatic heterocycles. The Morgan fingerprint density at radius 3 is 2.65 bits per heavy atom. The summed E-state index contributed by atoms with van der Waals surface area (Å²) in [6.45, 7) is 2.56. The summed E-state index contributed by atoms with van der Waals surface area (Å²) in [6, 6.07) is 7.41. The Bertz CT molecular complexity index is 477. The third-order valence-electron chi connectivity index (χ3n) is 3.46. The second-order valence-electron chi connectivity index (χ2n) is 5.11. The van der Waals surface area contributed by atoms with E-state index in [4.69, 9.17) is 9.84 Å². The van der Waals surface area contributed by atoms with Crippen LogP contribution < -0.4 is 5.32 Å². The van der Waals surface area contributed by atoms with Gasteiger partial charge in [-0.15, -0.1) is 0 Å². The zero-order chi connectivity index (χ0) is 14.5. The molecule has 2 rings (SSSR count). The molecule has 108 valence electrons. The van der Waals surface area contributed by atoms with E-state index in [9.17, 15) is 9.59 Å². The van der Waals surface area contributed by atoms with Gasteiger partial charge in [0.2, 0.25) is 5.91 Å². The first-order valence-electron chi connectivity index (χ1n) is 6.77. The first kappa shape index (κ1) is 14.5. The first-order chi connectivity index (χ1) is 9.56. The van der Waals surface area contributed by atoms with Crippen molar-refractivity contribution in [3.8, 4) is 0 Å². The molecular formula is C15H19NO4. The molecular weight excluding hydrogens is 258 g/mol. The van der Waals surface area contributed by atoms with E-state index in [1.807, 2.05) is 19.1 Å². The van der Waals surface area contributed by atoms with Gasteiger partial charge in [0.25, 0.3) is 0 Å². The number of anilines is 1. The SMILES string of the molecule is Cc1ccc(NC(=O)[C@H](CC(=O)O)[C@H]2CCCO2)cc1. The number of carboxylic acids is 1. The monoisotopic (exact) mass is 277 g/mol. The normalized spacial score (nSPS) is 19.6. The molecule has 0 saturated carbocycles. The minimum atomic E-state index is -0.982. The number of nitrogens with one attached hydrogen (secondary N) is 1. The van der Waals surface area contributed by atoms with Crippen molar-refractivity contribution in [1.82, 2.24) is 0 Å². The second-order valence-corrected chi connectivity index (χ2v) is 5.11. The zero-order valence-corrected chi connectivity index (χ0v) is 11.5. The second kappa shape index (κ2) is 6.52. The molecule has 2 N–H and O–H groups in total. The number of amides is 1. The van der Waals surface area contributed by atoms with E-state index >= 15 is 0 Å². The number of benzene rings is 1. The molecule has 1 amide bonds. The van der Waals surface area contributed by atoms with Crippen molar-refractivity contribution >= 4 is 17.6 Å². The Labute approximate surface area is 117 Å². The number of aryl methyl sites for hydroxylation is 1. The minimum absolute atomic E-state index is 0.206. The predicted molar refractivity (Wildman–Crippen MR) is 74.5 cm³/mol. The van der Waals surface area contributed by atoms with Crippen LogP contribution in [0.5, 0.6) is 0 Å². The van der Waals surface area contributed by atoms with Gasteiger partial charge in [-0.1, -0.05) is 17.7 Å². The number of rotatable bonds is 5. The van der Waals surface area contributed by atoms with Crippen molar-refractivity contribution in [2.75, 3.05) is 11.9 Å². The van der Waals surface area contributed by atoms with Gasteiger partial charge in [-0.2, -0.15) is 0 Å². The third kappa shape index (κ3) is 3.81. The van der Waals surface area contributed by atoms with E-state index in [2.05, 4.69) is 5.32 Å². The molecule has 2 atom stereocenters. The summed E-state index contributed by atoms with van der Waals surface area (Å²) >= 11 is 0. The van der Waals surface area contributed by atoms with Gasteiger partial charge in [-0.05, 0) is 31.9 Å². The lowest BCUT2D eigenvalue weighted by Crippen LogP contribution is -2.34. The first-order valence-corrected chi connectivity index (χ1v) is 6.77. The highest BCUT2D eigenvalue weighted by molar-refractivity contribution is 5.94. The lowest BCUT2D eigenvalue weighted by Gasteiger charge is -2.20. The largest absolute Gasteiger partial charge is 0.481 e. The molecule has 1 aliphatic rings. The summed E-state index contributed by atoms with van der Waals surface area (Å²) in [7, 11) is 0. The number of ether oxygens (including phenoxy) is 1. The average molecular weight is 277 g/mol. The summed E-state index contributed by atoms with van der Waals surface area (Å²) in [5, 5.41) is 11.7. The van der Waals surface area contributed by atoms with E-state index in [0.29, 0.717) is 12.3 Å². The van der Waals surface area contributed by atoms with Crippen molar-refractivity contribution in [2.45, 2.75) is 32.3 Å². The van der Waals surface area contributed by atoms with Crippen LogP contribution in [0.3, 0.4) is 0 Å². The molecule has 1 saturated heterocycles. The smallest absolute Gasteiger partial charge is 0.304 e. The molecule has 5 heteroatoms. The van der Waals surface area contributed by atoms with Crippen LogP contribution in [0.15, 0.2) is 24.3 Å². The highest BCUT2D eigenvalue weighted by Crippen LogP contribution is 2.24. The Hall–Kier alpha value is -1.88. The fourth-order valence-corrected chi connectivity index (χ4v) is 2.37. The van der Waals surface area contributed by atoms with Crippen molar-refractivity contribution in [3.05, 3.63) is 29.8 Å². The maximum absolute atomic E-state index is 12.3. The highest BCUT2D eigenvalue weighted by atomic mass is 16.5. The molecule has 20 heavy (non-hydrogen) atoms. The zero-order valence-electron chi connectivity index (χ0n) is 11.5. The molecule has 1 fully saturated rings. The summed E-state index contributed by atoms with van der Waals surface area (Å²) in [5.41, 5.74) is 1.78. The Kier molecular flexibility index (Phi) is 4.74. The van der Waals surface area contributed by atoms with Gasteiger partial charge in [0, 0.05) is 12.3 Å². The maximum Gasteiger partial charge on any atom is 0.304 e. The van der Waals surface area contributed by atoms with Crippen LogP contribution in [-0.2, 0) is 14.3 Å². The molecule has 1 heterocycles. The number of hydrogen-bond acceptors (Lipinski definition) is 3. The number of carbonyl (C=O) groups excluding carboxylic acids is 1. The lowest BCUT2D eigenvalue weighted by molar-refractivity contribution is -0.142. The van der Waals surface area contributed by atoms with Gasteiger partial charge in [0.15, 0.2) is 0 Å².